The van der Waals surface area contributed by atoms with Gasteiger partial charge in [-0.25, -0.2) is 0 Å². The maximum absolute atomic E-state index is 12.3. The predicted octanol–water partition coefficient (Wildman–Crippen LogP) is 1.43. The Hall–Kier alpha value is -1.39. The number of methoxy groups -OCH3 is 1. The molecule has 1 N–H and O–H groups in total. The number of aliphatic hydroxyl groups is 1. The molecule has 1 aromatic rings. The Morgan fingerprint density at radius 3 is 2.44 bits per heavy atom. The molecule has 0 aliphatic heterocycles. The molecule has 0 radical (unpaired) electrons. The molecule has 0 fully saturated rings. The van der Waals surface area contributed by atoms with Crippen LogP contribution in [0.2, 0.25) is 0 Å². The molecule has 1 rings (SSSR count). The molecule has 4 heteroatoms. The minimum atomic E-state index is -0.871. The van der Waals surface area contributed by atoms with Crippen LogP contribution in [0.5, 0.6) is 0 Å². The summed E-state index contributed by atoms with van der Waals surface area (Å²) in [6, 6.07) is 9.70. The van der Waals surface area contributed by atoms with Crippen LogP contribution >= 0.6 is 0 Å². The summed E-state index contributed by atoms with van der Waals surface area (Å²) in [5.74, 6) is -0.122. The van der Waals surface area contributed by atoms with E-state index >= 15 is 0 Å². The van der Waals surface area contributed by atoms with Crippen molar-refractivity contribution < 1.29 is 14.6 Å². The van der Waals surface area contributed by atoms with Gasteiger partial charge in [0.1, 0.15) is 5.60 Å². The molecule has 0 aromatic heterocycles. The first-order valence-electron chi connectivity index (χ1n) is 6.00. The molecular formula is C14H21NO3. The largest absolute Gasteiger partial charge is 0.395 e. The summed E-state index contributed by atoms with van der Waals surface area (Å²) in [6.45, 7) is 4.18. The van der Waals surface area contributed by atoms with Gasteiger partial charge in [0.15, 0.2) is 0 Å². The second-order valence-corrected chi connectivity index (χ2v) is 4.65. The van der Waals surface area contributed by atoms with Gasteiger partial charge in [0.05, 0.1) is 6.61 Å². The number of aliphatic hydroxyl groups excluding tert-OH is 1. The summed E-state index contributed by atoms with van der Waals surface area (Å²) >= 11 is 0. The van der Waals surface area contributed by atoms with Gasteiger partial charge in [-0.05, 0) is 19.4 Å². The van der Waals surface area contributed by atoms with E-state index in [1.54, 1.807) is 18.7 Å². The van der Waals surface area contributed by atoms with Crippen molar-refractivity contribution in [3.8, 4) is 0 Å². The number of amides is 1. The highest BCUT2D eigenvalue weighted by Crippen LogP contribution is 2.14. The summed E-state index contributed by atoms with van der Waals surface area (Å²) in [4.78, 5) is 13.9. The standard InChI is InChI=1S/C14H21NO3/c1-14(2,18-3)13(17)15(9-10-16)11-12-7-5-4-6-8-12/h4-8,16H,9-11H2,1-3H3. The van der Waals surface area contributed by atoms with E-state index in [2.05, 4.69) is 0 Å². The third-order valence-corrected chi connectivity index (χ3v) is 2.90. The third kappa shape index (κ3) is 3.82. The number of hydrogen-bond donors (Lipinski definition) is 1. The lowest BCUT2D eigenvalue weighted by Gasteiger charge is -2.30. The molecule has 0 saturated carbocycles. The topological polar surface area (TPSA) is 49.8 Å². The molecule has 0 saturated heterocycles. The molecule has 0 bridgehead atoms. The molecule has 0 unspecified atom stereocenters. The van der Waals surface area contributed by atoms with Crippen LogP contribution in [0.3, 0.4) is 0 Å². The van der Waals surface area contributed by atoms with Gasteiger partial charge in [0.25, 0.3) is 5.91 Å². The van der Waals surface area contributed by atoms with E-state index in [9.17, 15) is 4.79 Å². The Morgan fingerprint density at radius 2 is 1.94 bits per heavy atom. The average molecular weight is 251 g/mol. The van der Waals surface area contributed by atoms with E-state index in [-0.39, 0.29) is 12.5 Å². The summed E-state index contributed by atoms with van der Waals surface area (Å²) < 4.78 is 5.19. The predicted molar refractivity (Wildman–Crippen MR) is 70.0 cm³/mol. The van der Waals surface area contributed by atoms with E-state index in [1.165, 1.54) is 7.11 Å². The van der Waals surface area contributed by atoms with Crippen LogP contribution in [0.15, 0.2) is 30.3 Å². The quantitative estimate of drug-likeness (QED) is 0.832. The molecule has 100 valence electrons. The molecule has 0 aliphatic rings. The Balaban J connectivity index is 2.80. The summed E-state index contributed by atoms with van der Waals surface area (Å²) in [6.07, 6.45) is 0. The van der Waals surface area contributed by atoms with Crippen LogP contribution in [-0.2, 0) is 16.1 Å². The summed E-state index contributed by atoms with van der Waals surface area (Å²) in [5.41, 5.74) is 0.162. The number of carbonyl (C=O) groups excluding carboxylic acids is 1. The number of hydrogen-bond acceptors (Lipinski definition) is 3. The zero-order chi connectivity index (χ0) is 13.6. The van der Waals surface area contributed by atoms with Crippen molar-refractivity contribution >= 4 is 5.91 Å². The highest BCUT2D eigenvalue weighted by Gasteiger charge is 2.31. The first kappa shape index (κ1) is 14.7. The van der Waals surface area contributed by atoms with Crippen molar-refractivity contribution in [3.05, 3.63) is 35.9 Å². The molecular weight excluding hydrogens is 230 g/mol. The zero-order valence-electron chi connectivity index (χ0n) is 11.2. The highest BCUT2D eigenvalue weighted by atomic mass is 16.5. The molecule has 1 aromatic carbocycles. The highest BCUT2D eigenvalue weighted by molar-refractivity contribution is 5.84. The summed E-state index contributed by atoms with van der Waals surface area (Å²) in [7, 11) is 1.51. The molecule has 4 nitrogen and oxygen atoms in total. The van der Waals surface area contributed by atoms with Crippen molar-refractivity contribution in [1.82, 2.24) is 4.90 Å². The molecule has 1 amide bonds. The Bertz CT molecular complexity index is 376. The monoisotopic (exact) mass is 251 g/mol. The second-order valence-electron chi connectivity index (χ2n) is 4.65. The van der Waals surface area contributed by atoms with Crippen molar-refractivity contribution in [2.45, 2.75) is 26.0 Å². The Morgan fingerprint density at radius 1 is 1.33 bits per heavy atom. The molecule has 0 heterocycles. The van der Waals surface area contributed by atoms with Gasteiger partial charge in [-0.15, -0.1) is 0 Å². The summed E-state index contributed by atoms with van der Waals surface area (Å²) in [5, 5.41) is 9.07. The van der Waals surface area contributed by atoms with Gasteiger partial charge in [-0.3, -0.25) is 4.79 Å². The first-order valence-corrected chi connectivity index (χ1v) is 6.00. The molecule has 0 aliphatic carbocycles. The van der Waals surface area contributed by atoms with E-state index in [0.717, 1.165) is 5.56 Å². The smallest absolute Gasteiger partial charge is 0.254 e. The maximum Gasteiger partial charge on any atom is 0.254 e. The molecule has 18 heavy (non-hydrogen) atoms. The number of benzene rings is 1. The van der Waals surface area contributed by atoms with E-state index < -0.39 is 5.60 Å². The minimum absolute atomic E-state index is 0.0572. The van der Waals surface area contributed by atoms with Crippen LogP contribution < -0.4 is 0 Å². The van der Waals surface area contributed by atoms with E-state index in [1.807, 2.05) is 30.3 Å². The third-order valence-electron chi connectivity index (χ3n) is 2.90. The van der Waals surface area contributed by atoms with Gasteiger partial charge in [-0.2, -0.15) is 0 Å². The van der Waals surface area contributed by atoms with Gasteiger partial charge in [-0.1, -0.05) is 30.3 Å². The lowest BCUT2D eigenvalue weighted by Crippen LogP contribution is -2.47. The fourth-order valence-electron chi connectivity index (χ4n) is 1.65. The average Bonchev–Trinajstić information content (AvgIpc) is 2.38. The Kier molecular flexibility index (Phi) is 5.31. The van der Waals surface area contributed by atoms with E-state index in [4.69, 9.17) is 9.84 Å². The molecule has 0 spiro atoms. The number of nitrogens with zero attached hydrogens (tertiary/aromatic N) is 1. The lowest BCUT2D eigenvalue weighted by molar-refractivity contribution is -0.152. The lowest BCUT2D eigenvalue weighted by atomic mass is 10.1. The van der Waals surface area contributed by atoms with Crippen LogP contribution in [0, 0.1) is 0 Å². The normalized spacial score (nSPS) is 11.3. The second kappa shape index (κ2) is 6.52. The number of rotatable bonds is 6. The van der Waals surface area contributed by atoms with Gasteiger partial charge in [0.2, 0.25) is 0 Å². The first-order chi connectivity index (χ1) is 8.51. The molecule has 0 atom stereocenters. The van der Waals surface area contributed by atoms with Gasteiger partial charge < -0.3 is 14.7 Å². The minimum Gasteiger partial charge on any atom is -0.395 e. The van der Waals surface area contributed by atoms with Crippen LogP contribution in [-0.4, -0.2) is 41.8 Å². The van der Waals surface area contributed by atoms with Gasteiger partial charge in [0, 0.05) is 20.2 Å². The van der Waals surface area contributed by atoms with E-state index in [0.29, 0.717) is 13.1 Å². The van der Waals surface area contributed by atoms with Crippen molar-refractivity contribution in [3.63, 3.8) is 0 Å². The number of carbonyl (C=O) groups is 1. The Labute approximate surface area is 108 Å². The number of ether oxygens (including phenoxy) is 1. The maximum atomic E-state index is 12.3. The zero-order valence-corrected chi connectivity index (χ0v) is 11.2. The fraction of sp³-hybridized carbons (Fsp3) is 0.500. The van der Waals surface area contributed by atoms with Crippen LogP contribution in [0.25, 0.3) is 0 Å². The fourth-order valence-corrected chi connectivity index (χ4v) is 1.65. The SMILES string of the molecule is COC(C)(C)C(=O)N(CCO)Cc1ccccc1. The van der Waals surface area contributed by atoms with Crippen LogP contribution in [0.1, 0.15) is 19.4 Å². The van der Waals surface area contributed by atoms with Crippen molar-refractivity contribution in [2.75, 3.05) is 20.3 Å². The van der Waals surface area contributed by atoms with Crippen molar-refractivity contribution in [2.24, 2.45) is 0 Å². The van der Waals surface area contributed by atoms with Crippen molar-refractivity contribution in [1.29, 1.82) is 0 Å². The van der Waals surface area contributed by atoms with Crippen LogP contribution in [0.4, 0.5) is 0 Å². The van der Waals surface area contributed by atoms with Gasteiger partial charge >= 0.3 is 0 Å².